The van der Waals surface area contributed by atoms with Crippen LogP contribution in [-0.2, 0) is 0 Å². The lowest BCUT2D eigenvalue weighted by atomic mass is 10.1. The molecule has 2 nitrogen and oxygen atoms in total. The van der Waals surface area contributed by atoms with E-state index >= 15 is 0 Å². The van der Waals surface area contributed by atoms with E-state index in [0.29, 0.717) is 6.42 Å². The van der Waals surface area contributed by atoms with E-state index in [4.69, 9.17) is 4.74 Å². The molecule has 0 radical (unpaired) electrons. The van der Waals surface area contributed by atoms with Crippen LogP contribution in [-0.4, -0.2) is 12.2 Å². The van der Waals surface area contributed by atoms with Crippen LogP contribution >= 0.6 is 0 Å². The summed E-state index contributed by atoms with van der Waals surface area (Å²) < 4.78 is 5.08. The first-order valence-electron chi connectivity index (χ1n) is 4.71. The fourth-order valence-corrected chi connectivity index (χ4v) is 1.25. The van der Waals surface area contributed by atoms with Gasteiger partial charge in [-0.2, -0.15) is 0 Å². The van der Waals surface area contributed by atoms with Gasteiger partial charge in [0.2, 0.25) is 0 Å². The summed E-state index contributed by atoms with van der Waals surface area (Å²) in [5.41, 5.74) is 0.891. The van der Waals surface area contributed by atoms with Gasteiger partial charge in [0.25, 0.3) is 0 Å². The minimum atomic E-state index is -0.443. The van der Waals surface area contributed by atoms with Crippen LogP contribution in [0.25, 0.3) is 0 Å². The van der Waals surface area contributed by atoms with E-state index in [1.165, 1.54) is 0 Å². The van der Waals surface area contributed by atoms with E-state index in [0.717, 1.165) is 11.3 Å². The molecule has 1 aromatic carbocycles. The number of hydrogen-bond acceptors (Lipinski definition) is 2. The molecule has 1 rings (SSSR count). The first kappa shape index (κ1) is 10.8. The number of rotatable bonds is 4. The van der Waals surface area contributed by atoms with Crippen LogP contribution in [0.2, 0.25) is 0 Å². The van der Waals surface area contributed by atoms with Gasteiger partial charge in [-0.1, -0.05) is 24.3 Å². The van der Waals surface area contributed by atoms with Crippen molar-refractivity contribution in [2.45, 2.75) is 19.4 Å². The Balaban J connectivity index is 2.73. The average molecular weight is 192 g/mol. The Labute approximate surface area is 84.8 Å². The quantitative estimate of drug-likeness (QED) is 0.743. The average Bonchev–Trinajstić information content (AvgIpc) is 2.26. The molecule has 0 bridgehead atoms. The molecule has 0 aliphatic heterocycles. The summed E-state index contributed by atoms with van der Waals surface area (Å²) in [6, 6.07) is 7.50. The van der Waals surface area contributed by atoms with Crippen molar-refractivity contribution in [1.29, 1.82) is 0 Å². The predicted molar refractivity (Wildman–Crippen MR) is 57.4 cm³/mol. The van der Waals surface area contributed by atoms with Gasteiger partial charge in [-0.15, -0.1) is 0 Å². The zero-order valence-corrected chi connectivity index (χ0v) is 8.60. The molecule has 2 heteroatoms. The summed E-state index contributed by atoms with van der Waals surface area (Å²) in [6.45, 7) is 1.94. The molecule has 1 aromatic rings. The normalized spacial score (nSPS) is 13.1. The highest BCUT2D eigenvalue weighted by atomic mass is 16.5. The van der Waals surface area contributed by atoms with Crippen LogP contribution in [0.5, 0.6) is 5.75 Å². The summed E-state index contributed by atoms with van der Waals surface area (Å²) in [5, 5.41) is 9.76. The topological polar surface area (TPSA) is 29.5 Å². The molecule has 76 valence electrons. The molecule has 0 spiro atoms. The van der Waals surface area contributed by atoms with E-state index in [-0.39, 0.29) is 0 Å². The maximum absolute atomic E-state index is 9.76. The standard InChI is InChI=1S/C12H16O2/c1-3-4-8-12(13)10-6-5-7-11(9-10)14-2/h3-7,9,12-13H,8H2,1-2H3/b4-3-. The van der Waals surface area contributed by atoms with E-state index < -0.39 is 6.10 Å². The lowest BCUT2D eigenvalue weighted by Crippen LogP contribution is -1.96. The summed E-state index contributed by atoms with van der Waals surface area (Å²) in [6.07, 6.45) is 4.08. The monoisotopic (exact) mass is 192 g/mol. The molecule has 1 unspecified atom stereocenters. The van der Waals surface area contributed by atoms with E-state index in [1.807, 2.05) is 43.3 Å². The lowest BCUT2D eigenvalue weighted by molar-refractivity contribution is 0.181. The molecule has 1 N–H and O–H groups in total. The third-order valence-electron chi connectivity index (χ3n) is 2.07. The first-order chi connectivity index (χ1) is 6.77. The number of methoxy groups -OCH3 is 1. The van der Waals surface area contributed by atoms with Crippen molar-refractivity contribution in [2.75, 3.05) is 7.11 Å². The predicted octanol–water partition coefficient (Wildman–Crippen LogP) is 2.69. The van der Waals surface area contributed by atoms with Gasteiger partial charge in [0.1, 0.15) is 5.75 Å². The van der Waals surface area contributed by atoms with Crippen molar-refractivity contribution in [2.24, 2.45) is 0 Å². The summed E-state index contributed by atoms with van der Waals surface area (Å²) >= 11 is 0. The molecule has 0 amide bonds. The zero-order valence-electron chi connectivity index (χ0n) is 8.60. The van der Waals surface area contributed by atoms with Crippen LogP contribution in [0.3, 0.4) is 0 Å². The number of allylic oxidation sites excluding steroid dienone is 1. The van der Waals surface area contributed by atoms with Crippen LogP contribution in [0, 0.1) is 0 Å². The molecular formula is C12H16O2. The zero-order chi connectivity index (χ0) is 10.4. The number of hydrogen-bond donors (Lipinski definition) is 1. The van der Waals surface area contributed by atoms with Crippen molar-refractivity contribution in [3.8, 4) is 5.75 Å². The number of ether oxygens (including phenoxy) is 1. The Morgan fingerprint density at radius 2 is 2.29 bits per heavy atom. The minimum absolute atomic E-state index is 0.443. The summed E-state index contributed by atoms with van der Waals surface area (Å²) in [7, 11) is 1.62. The second-order valence-corrected chi connectivity index (χ2v) is 3.10. The van der Waals surface area contributed by atoms with Crippen molar-refractivity contribution in [1.82, 2.24) is 0 Å². The molecule has 0 aromatic heterocycles. The highest BCUT2D eigenvalue weighted by Crippen LogP contribution is 2.21. The molecule has 1 atom stereocenters. The van der Waals surface area contributed by atoms with Crippen molar-refractivity contribution < 1.29 is 9.84 Å². The van der Waals surface area contributed by atoms with Gasteiger partial charge in [-0.25, -0.2) is 0 Å². The van der Waals surface area contributed by atoms with E-state index in [2.05, 4.69) is 0 Å². The van der Waals surface area contributed by atoms with E-state index in [9.17, 15) is 5.11 Å². The third kappa shape index (κ3) is 2.89. The second kappa shape index (κ2) is 5.45. The molecule has 0 saturated heterocycles. The summed E-state index contributed by atoms with van der Waals surface area (Å²) in [4.78, 5) is 0. The Morgan fingerprint density at radius 3 is 2.93 bits per heavy atom. The Bertz CT molecular complexity index is 305. The van der Waals surface area contributed by atoms with Gasteiger partial charge in [-0.05, 0) is 31.0 Å². The molecule has 0 fully saturated rings. The minimum Gasteiger partial charge on any atom is -0.497 e. The third-order valence-corrected chi connectivity index (χ3v) is 2.07. The maximum Gasteiger partial charge on any atom is 0.119 e. The Kier molecular flexibility index (Phi) is 4.20. The van der Waals surface area contributed by atoms with Crippen molar-refractivity contribution in [3.05, 3.63) is 42.0 Å². The Morgan fingerprint density at radius 1 is 1.50 bits per heavy atom. The van der Waals surface area contributed by atoms with Gasteiger partial charge in [0.15, 0.2) is 0 Å². The highest BCUT2D eigenvalue weighted by molar-refractivity contribution is 5.29. The largest absolute Gasteiger partial charge is 0.497 e. The van der Waals surface area contributed by atoms with Crippen molar-refractivity contribution >= 4 is 0 Å². The van der Waals surface area contributed by atoms with Gasteiger partial charge in [0, 0.05) is 0 Å². The lowest BCUT2D eigenvalue weighted by Gasteiger charge is -2.09. The smallest absolute Gasteiger partial charge is 0.119 e. The van der Waals surface area contributed by atoms with Gasteiger partial charge >= 0.3 is 0 Å². The first-order valence-corrected chi connectivity index (χ1v) is 4.71. The fourth-order valence-electron chi connectivity index (χ4n) is 1.25. The number of aliphatic hydroxyl groups is 1. The SMILES string of the molecule is C/C=C\CC(O)c1cccc(OC)c1. The number of aliphatic hydroxyl groups excluding tert-OH is 1. The van der Waals surface area contributed by atoms with Gasteiger partial charge in [-0.3, -0.25) is 0 Å². The molecular weight excluding hydrogens is 176 g/mol. The molecule has 0 aliphatic carbocycles. The highest BCUT2D eigenvalue weighted by Gasteiger charge is 2.05. The van der Waals surface area contributed by atoms with Crippen LogP contribution in [0.4, 0.5) is 0 Å². The Hall–Kier alpha value is -1.28. The second-order valence-electron chi connectivity index (χ2n) is 3.10. The molecule has 14 heavy (non-hydrogen) atoms. The molecule has 0 aliphatic rings. The molecule has 0 heterocycles. The van der Waals surface area contributed by atoms with Crippen LogP contribution < -0.4 is 4.74 Å². The maximum atomic E-state index is 9.76. The van der Waals surface area contributed by atoms with Gasteiger partial charge in [0.05, 0.1) is 13.2 Å². The van der Waals surface area contributed by atoms with Crippen LogP contribution in [0.1, 0.15) is 25.0 Å². The number of benzene rings is 1. The van der Waals surface area contributed by atoms with Crippen LogP contribution in [0.15, 0.2) is 36.4 Å². The van der Waals surface area contributed by atoms with Gasteiger partial charge < -0.3 is 9.84 Å². The van der Waals surface area contributed by atoms with Crippen molar-refractivity contribution in [3.63, 3.8) is 0 Å². The van der Waals surface area contributed by atoms with E-state index in [1.54, 1.807) is 7.11 Å². The summed E-state index contributed by atoms with van der Waals surface area (Å²) in [5.74, 6) is 0.780. The fraction of sp³-hybridized carbons (Fsp3) is 0.333. The molecule has 0 saturated carbocycles.